The molecule has 31 heteroatoms. The van der Waals surface area contributed by atoms with Gasteiger partial charge in [0.25, 0.3) is 5.91 Å². The number of ether oxygens (including phenoxy) is 6. The highest BCUT2D eigenvalue weighted by Crippen LogP contribution is 2.23. The van der Waals surface area contributed by atoms with E-state index in [2.05, 4.69) is 52.5 Å². The Morgan fingerprint density at radius 1 is 0.728 bits per heavy atom. The number of nitrogens with one attached hydrogen (secondary N) is 7. The average molecular weight is 1150 g/mol. The summed E-state index contributed by atoms with van der Waals surface area (Å²) in [5, 5.41) is 68.2. The number of benzene rings is 1. The van der Waals surface area contributed by atoms with Crippen molar-refractivity contribution >= 4 is 53.3 Å². The molecule has 0 radical (unpaired) electrons. The zero-order valence-electron chi connectivity index (χ0n) is 45.4. The lowest BCUT2D eigenvalue weighted by Gasteiger charge is -2.40. The van der Waals surface area contributed by atoms with E-state index >= 15 is 0 Å². The number of nitrogens with two attached hydrogens (primary N) is 2. The lowest BCUT2D eigenvalue weighted by Crippen LogP contribution is -2.63. The van der Waals surface area contributed by atoms with E-state index in [1.165, 1.54) is 10.9 Å². The van der Waals surface area contributed by atoms with Gasteiger partial charge in [-0.15, -0.1) is 5.10 Å². The Bertz CT molecular complexity index is 2310. The zero-order chi connectivity index (χ0) is 58.9. The van der Waals surface area contributed by atoms with Crippen LogP contribution in [0.15, 0.2) is 41.5 Å². The molecule has 452 valence electrons. The molecule has 2 aliphatic heterocycles. The predicted octanol–water partition coefficient (Wildman–Crippen LogP) is -5.29. The summed E-state index contributed by atoms with van der Waals surface area (Å²) >= 11 is 0. The second-order valence-corrected chi connectivity index (χ2v) is 18.7. The zero-order valence-corrected chi connectivity index (χ0v) is 45.4. The SMILES string of the molecule is CNC(=O)CCOCCOCCOCCOCCOCCC(=O)NC[C@H]1OC(C(=O)NCCCC[C@H]2C(=O)N[C@@H](CCCN=C(N)N)C(=O)NCC(=O)N[C@@H](CC(=O)O)C(=O)N[C@@H](Cc3ccccc3)c3cn2nn3)[C@@H](O)C(O)[C@H]1O. The van der Waals surface area contributed by atoms with Crippen LogP contribution in [0.5, 0.6) is 0 Å². The Kier molecular flexibility index (Phi) is 30.5. The van der Waals surface area contributed by atoms with E-state index in [1.54, 1.807) is 37.4 Å². The minimum Gasteiger partial charge on any atom is -0.481 e. The van der Waals surface area contributed by atoms with Crippen LogP contribution >= 0.6 is 0 Å². The van der Waals surface area contributed by atoms with Crippen LogP contribution in [-0.2, 0) is 73.2 Å². The number of aliphatic hydroxyl groups excluding tert-OH is 3. The van der Waals surface area contributed by atoms with Gasteiger partial charge in [-0.2, -0.15) is 0 Å². The number of hydrogen-bond donors (Lipinski definition) is 13. The number of carboxylic acids is 1. The fourth-order valence-corrected chi connectivity index (χ4v) is 8.15. The highest BCUT2D eigenvalue weighted by molar-refractivity contribution is 5.94. The van der Waals surface area contributed by atoms with Gasteiger partial charge in [0.1, 0.15) is 48.2 Å². The molecule has 1 fully saturated rings. The molecule has 2 bridgehead atoms. The van der Waals surface area contributed by atoms with Crippen molar-refractivity contribution in [3.8, 4) is 0 Å². The molecule has 0 spiro atoms. The van der Waals surface area contributed by atoms with Crippen molar-refractivity contribution < 1.29 is 87.2 Å². The van der Waals surface area contributed by atoms with Gasteiger partial charge in [0.15, 0.2) is 12.1 Å². The number of aliphatic hydroxyl groups is 3. The lowest BCUT2D eigenvalue weighted by molar-refractivity contribution is -0.219. The summed E-state index contributed by atoms with van der Waals surface area (Å²) < 4.78 is 34.0. The first kappa shape index (κ1) is 66.5. The molecule has 3 heterocycles. The number of unbranched alkanes of at least 4 members (excludes halogenated alkanes) is 1. The first-order valence-electron chi connectivity index (χ1n) is 26.7. The molecule has 15 N–H and O–H groups in total. The predicted molar refractivity (Wildman–Crippen MR) is 283 cm³/mol. The molecule has 4 rings (SSSR count). The van der Waals surface area contributed by atoms with Crippen LogP contribution in [0.2, 0.25) is 0 Å². The van der Waals surface area contributed by atoms with E-state index in [0.29, 0.717) is 46.2 Å². The van der Waals surface area contributed by atoms with Gasteiger partial charge < -0.3 is 97.5 Å². The molecule has 2 unspecified atom stereocenters. The summed E-state index contributed by atoms with van der Waals surface area (Å²) in [5.41, 5.74) is 11.9. The number of aliphatic imine (C=N–C) groups is 1. The molecule has 31 nitrogen and oxygen atoms in total. The molecule has 2 aliphatic rings. The molecule has 1 saturated heterocycles. The number of carboxylic acid groups (broad SMARTS) is 1. The van der Waals surface area contributed by atoms with Gasteiger partial charge in [-0.05, 0) is 44.1 Å². The van der Waals surface area contributed by atoms with Gasteiger partial charge in [0.05, 0.1) is 91.3 Å². The smallest absolute Gasteiger partial charge is 0.305 e. The highest BCUT2D eigenvalue weighted by Gasteiger charge is 2.46. The van der Waals surface area contributed by atoms with E-state index in [-0.39, 0.29) is 108 Å². The normalized spacial score (nSPS) is 22.5. The standard InChI is InChI=1S/C50H79N13O18/c1-53-38(64)12-16-76-18-20-78-22-24-80-25-23-79-21-19-77-17-13-39(65)56-28-37-42(69)43(70)44(71)45(81-37)49(75)54-14-6-5-11-36-48(74)59-32(10-7-15-55-50(51)52)46(72)57-29-40(66)58-34(27-41(67)68)47(73)60-33(35-30-63(36)62-61-35)26-31-8-3-2-4-9-31/h2-4,8-9,30,32-34,36-37,42-45,69-71H,5-7,10-29H2,1H3,(H,53,64)(H,54,75)(H,56,65)(H,57,72)(H,58,66)(H,59,74)(H,60,73)(H,67,68)(H4,51,52,55)/t32-,33-,34-,36-,37+,42-,43?,44-,45?/m0/s1. The third kappa shape index (κ3) is 25.2. The van der Waals surface area contributed by atoms with Crippen molar-refractivity contribution in [1.29, 1.82) is 0 Å². The fourth-order valence-electron chi connectivity index (χ4n) is 8.15. The molecule has 81 heavy (non-hydrogen) atoms. The van der Waals surface area contributed by atoms with Crippen LogP contribution in [-0.4, -0.2) is 231 Å². The molecule has 0 aliphatic carbocycles. The van der Waals surface area contributed by atoms with Gasteiger partial charge in [-0.3, -0.25) is 43.3 Å². The number of nitrogens with zero attached hydrogens (tertiary/aromatic N) is 4. The van der Waals surface area contributed by atoms with Gasteiger partial charge in [0, 0.05) is 39.5 Å². The lowest BCUT2D eigenvalue weighted by atomic mass is 9.94. The van der Waals surface area contributed by atoms with Crippen LogP contribution in [0, 0.1) is 0 Å². The number of guanidine groups is 1. The number of carbonyl (C=O) groups is 8. The van der Waals surface area contributed by atoms with Gasteiger partial charge >= 0.3 is 5.97 Å². The van der Waals surface area contributed by atoms with Crippen molar-refractivity contribution in [2.24, 2.45) is 16.5 Å². The third-order valence-corrected chi connectivity index (χ3v) is 12.5. The topological polar surface area (TPSA) is 452 Å². The summed E-state index contributed by atoms with van der Waals surface area (Å²) in [6, 6.07) is 4.03. The Morgan fingerprint density at radius 2 is 1.35 bits per heavy atom. The number of aliphatic carboxylic acids is 1. The van der Waals surface area contributed by atoms with Gasteiger partial charge in [-0.1, -0.05) is 35.5 Å². The minimum absolute atomic E-state index is 0.000801. The van der Waals surface area contributed by atoms with Crippen LogP contribution in [0.3, 0.4) is 0 Å². The fraction of sp³-hybridized carbons (Fsp3) is 0.660. The molecular weight excluding hydrogens is 1070 g/mol. The average Bonchev–Trinajstić information content (AvgIpc) is 3.99. The maximum atomic E-state index is 14.3. The monoisotopic (exact) mass is 1150 g/mol. The molecule has 1 aromatic heterocycles. The molecule has 0 saturated carbocycles. The number of amides is 7. The summed E-state index contributed by atoms with van der Waals surface area (Å²) in [6.45, 7) is 1.99. The quantitative estimate of drug-likeness (QED) is 0.0177. The van der Waals surface area contributed by atoms with Crippen LogP contribution in [0.4, 0.5) is 0 Å². The Hall–Kier alpha value is -6.97. The Balaban J connectivity index is 1.29. The molecule has 7 amide bonds. The second kappa shape index (κ2) is 37.1. The number of fused-ring (bicyclic) bond motifs is 2. The maximum absolute atomic E-state index is 14.3. The summed E-state index contributed by atoms with van der Waals surface area (Å²) in [6.07, 6.45) is -6.57. The van der Waals surface area contributed by atoms with E-state index < -0.39 is 109 Å². The van der Waals surface area contributed by atoms with Crippen molar-refractivity contribution in [2.45, 2.75) is 112 Å². The van der Waals surface area contributed by atoms with Crippen molar-refractivity contribution in [1.82, 2.24) is 52.2 Å². The van der Waals surface area contributed by atoms with Crippen LogP contribution in [0.25, 0.3) is 0 Å². The first-order valence-corrected chi connectivity index (χ1v) is 26.7. The first-order chi connectivity index (χ1) is 39.0. The molecular formula is C50H79N13O18. The second-order valence-electron chi connectivity index (χ2n) is 18.7. The van der Waals surface area contributed by atoms with E-state index in [0.717, 1.165) is 5.56 Å². The van der Waals surface area contributed by atoms with Gasteiger partial charge in [-0.25, -0.2) is 4.68 Å². The minimum atomic E-state index is -1.84. The summed E-state index contributed by atoms with van der Waals surface area (Å²) in [5.74, 6) is -6.20. The van der Waals surface area contributed by atoms with Crippen molar-refractivity contribution in [3.05, 3.63) is 47.8 Å². The van der Waals surface area contributed by atoms with Crippen molar-refractivity contribution in [3.63, 3.8) is 0 Å². The Labute approximate surface area is 467 Å². The van der Waals surface area contributed by atoms with Crippen molar-refractivity contribution in [2.75, 3.05) is 99.3 Å². The maximum Gasteiger partial charge on any atom is 0.305 e. The number of carbonyl (C=O) groups excluding carboxylic acids is 7. The summed E-state index contributed by atoms with van der Waals surface area (Å²) in [7, 11) is 1.56. The van der Waals surface area contributed by atoms with E-state index in [4.69, 9.17) is 39.9 Å². The van der Waals surface area contributed by atoms with Crippen LogP contribution in [0.1, 0.15) is 74.7 Å². The largest absolute Gasteiger partial charge is 0.481 e. The molecule has 2 aromatic rings. The molecule has 9 atom stereocenters. The van der Waals surface area contributed by atoms with E-state index in [9.17, 15) is 58.8 Å². The third-order valence-electron chi connectivity index (χ3n) is 12.5. The number of aromatic nitrogens is 3. The Morgan fingerprint density at radius 3 is 1.96 bits per heavy atom. The number of rotatable bonds is 34. The summed E-state index contributed by atoms with van der Waals surface area (Å²) in [4.78, 5) is 107. The molecule has 1 aromatic carbocycles. The van der Waals surface area contributed by atoms with Crippen LogP contribution < -0.4 is 48.7 Å². The van der Waals surface area contributed by atoms with Gasteiger partial charge in [0.2, 0.25) is 35.4 Å². The van der Waals surface area contributed by atoms with E-state index in [1.807, 2.05) is 0 Å². The highest BCUT2D eigenvalue weighted by atomic mass is 16.6. The number of hydrogen-bond acceptors (Lipinski definition) is 20.